The molecule has 1 aromatic rings. The van der Waals surface area contributed by atoms with E-state index in [9.17, 15) is 8.42 Å². The second-order valence-electron chi connectivity index (χ2n) is 4.65. The van der Waals surface area contributed by atoms with Crippen LogP contribution in [0.15, 0.2) is 17.2 Å². The Morgan fingerprint density at radius 2 is 2.21 bits per heavy atom. The van der Waals surface area contributed by atoms with Gasteiger partial charge in [0.15, 0.2) is 0 Å². The third-order valence-corrected chi connectivity index (χ3v) is 5.40. The molecule has 0 aromatic carbocycles. The molecular formula is C12H18ClN3O2S. The van der Waals surface area contributed by atoms with E-state index in [1.54, 1.807) is 7.05 Å². The summed E-state index contributed by atoms with van der Waals surface area (Å²) in [5.41, 5.74) is 0. The molecule has 0 bridgehead atoms. The third kappa shape index (κ3) is 3.19. The quantitative estimate of drug-likeness (QED) is 0.875. The number of anilines is 1. The topological polar surface area (TPSA) is 62.3 Å². The van der Waals surface area contributed by atoms with Crippen molar-refractivity contribution in [2.24, 2.45) is 5.92 Å². The third-order valence-electron chi connectivity index (χ3n) is 3.20. The molecule has 7 heteroatoms. The van der Waals surface area contributed by atoms with Crippen molar-refractivity contribution >= 4 is 27.4 Å². The van der Waals surface area contributed by atoms with Crippen molar-refractivity contribution in [1.29, 1.82) is 0 Å². The van der Waals surface area contributed by atoms with E-state index in [0.29, 0.717) is 29.8 Å². The Morgan fingerprint density at radius 1 is 1.53 bits per heavy atom. The summed E-state index contributed by atoms with van der Waals surface area (Å²) >= 11 is 5.99. The van der Waals surface area contributed by atoms with Crippen LogP contribution in [-0.2, 0) is 10.0 Å². The maximum absolute atomic E-state index is 12.5. The highest BCUT2D eigenvalue weighted by atomic mass is 35.5. The lowest BCUT2D eigenvalue weighted by molar-refractivity contribution is 0.412. The molecule has 1 aromatic heterocycles. The largest absolute Gasteiger partial charge is 0.372 e. The number of sulfonamides is 1. The molecule has 0 unspecified atom stereocenters. The second-order valence-corrected chi connectivity index (χ2v) is 7.00. The van der Waals surface area contributed by atoms with Crippen LogP contribution in [0.5, 0.6) is 0 Å². The molecule has 0 aliphatic heterocycles. The van der Waals surface area contributed by atoms with Gasteiger partial charge in [0.05, 0.1) is 5.02 Å². The second kappa shape index (κ2) is 5.64. The van der Waals surface area contributed by atoms with E-state index < -0.39 is 10.0 Å². The molecule has 0 atom stereocenters. The van der Waals surface area contributed by atoms with Crippen LogP contribution in [-0.4, -0.2) is 37.8 Å². The van der Waals surface area contributed by atoms with Crippen molar-refractivity contribution in [2.75, 3.05) is 25.5 Å². The Kier molecular flexibility index (Phi) is 4.32. The summed E-state index contributed by atoms with van der Waals surface area (Å²) in [4.78, 5) is 4.18. The fourth-order valence-electron chi connectivity index (χ4n) is 1.88. The minimum atomic E-state index is -3.50. The van der Waals surface area contributed by atoms with Crippen molar-refractivity contribution in [3.8, 4) is 0 Å². The number of rotatable bonds is 6. The van der Waals surface area contributed by atoms with Crippen molar-refractivity contribution in [1.82, 2.24) is 9.29 Å². The zero-order valence-corrected chi connectivity index (χ0v) is 12.6. The Hall–Kier alpha value is -0.850. The smallest absolute Gasteiger partial charge is 0.244 e. The maximum atomic E-state index is 12.5. The number of aromatic nitrogens is 1. The lowest BCUT2D eigenvalue weighted by Gasteiger charge is -2.20. The van der Waals surface area contributed by atoms with Crippen molar-refractivity contribution in [3.05, 3.63) is 17.3 Å². The summed E-state index contributed by atoms with van der Waals surface area (Å²) in [6.45, 7) is 2.89. The van der Waals surface area contributed by atoms with Crippen molar-refractivity contribution in [3.63, 3.8) is 0 Å². The Bertz CT molecular complexity index is 558. The van der Waals surface area contributed by atoms with Gasteiger partial charge in [0.2, 0.25) is 10.0 Å². The minimum Gasteiger partial charge on any atom is -0.372 e. The van der Waals surface area contributed by atoms with Crippen LogP contribution in [0.25, 0.3) is 0 Å². The van der Waals surface area contributed by atoms with E-state index in [-0.39, 0.29) is 4.90 Å². The molecule has 1 aliphatic rings. The molecule has 1 fully saturated rings. The SMILES string of the molecule is CCN(CC1CC1)S(=O)(=O)c1cnc(NC)c(Cl)c1. The van der Waals surface area contributed by atoms with Crippen LogP contribution < -0.4 is 5.32 Å². The van der Waals surface area contributed by atoms with Crippen LogP contribution in [0.4, 0.5) is 5.82 Å². The molecule has 0 saturated heterocycles. The molecule has 1 aliphatic carbocycles. The monoisotopic (exact) mass is 303 g/mol. The first-order valence-corrected chi connectivity index (χ1v) is 8.14. The Morgan fingerprint density at radius 3 is 2.68 bits per heavy atom. The Balaban J connectivity index is 2.28. The molecule has 1 N–H and O–H groups in total. The van der Waals surface area contributed by atoms with Gasteiger partial charge in [-0.1, -0.05) is 18.5 Å². The van der Waals surface area contributed by atoms with Gasteiger partial charge < -0.3 is 5.32 Å². The highest BCUT2D eigenvalue weighted by Crippen LogP contribution is 2.32. The van der Waals surface area contributed by atoms with Crippen LogP contribution >= 0.6 is 11.6 Å². The number of halogens is 1. The van der Waals surface area contributed by atoms with Gasteiger partial charge in [0, 0.05) is 26.3 Å². The van der Waals surface area contributed by atoms with Crippen LogP contribution in [0.3, 0.4) is 0 Å². The zero-order valence-electron chi connectivity index (χ0n) is 11.1. The molecule has 0 spiro atoms. The van der Waals surface area contributed by atoms with Crippen LogP contribution in [0, 0.1) is 5.92 Å². The number of pyridine rings is 1. The molecular weight excluding hydrogens is 286 g/mol. The van der Waals surface area contributed by atoms with Gasteiger partial charge >= 0.3 is 0 Å². The number of hydrogen-bond donors (Lipinski definition) is 1. The first-order valence-electron chi connectivity index (χ1n) is 6.32. The van der Waals surface area contributed by atoms with Gasteiger partial charge in [0.25, 0.3) is 0 Å². The van der Waals surface area contributed by atoms with Crippen LogP contribution in [0.2, 0.25) is 5.02 Å². The van der Waals surface area contributed by atoms with E-state index in [1.807, 2.05) is 6.92 Å². The van der Waals surface area contributed by atoms with Crippen molar-refractivity contribution in [2.45, 2.75) is 24.7 Å². The van der Waals surface area contributed by atoms with Gasteiger partial charge in [-0.2, -0.15) is 4.31 Å². The molecule has 19 heavy (non-hydrogen) atoms. The summed E-state index contributed by atoms with van der Waals surface area (Å²) in [6.07, 6.45) is 3.58. The van der Waals surface area contributed by atoms with Crippen LogP contribution in [0.1, 0.15) is 19.8 Å². The number of hydrogen-bond acceptors (Lipinski definition) is 4. The summed E-state index contributed by atoms with van der Waals surface area (Å²) in [5, 5.41) is 3.12. The average Bonchev–Trinajstić information content (AvgIpc) is 3.19. The molecule has 2 rings (SSSR count). The standard InChI is InChI=1S/C12H18ClN3O2S/c1-3-16(8-9-4-5-9)19(17,18)10-6-11(13)12(14-2)15-7-10/h6-7,9H,3-5,8H2,1-2H3,(H,14,15). The Labute approximate surface area is 119 Å². The normalized spacial score (nSPS) is 15.8. The zero-order chi connectivity index (χ0) is 14.0. The van der Waals surface area contributed by atoms with E-state index in [4.69, 9.17) is 11.6 Å². The fourth-order valence-corrected chi connectivity index (χ4v) is 3.70. The highest BCUT2D eigenvalue weighted by molar-refractivity contribution is 7.89. The first-order chi connectivity index (χ1) is 8.98. The predicted octanol–water partition coefficient (Wildman–Crippen LogP) is 2.20. The molecule has 1 heterocycles. The fraction of sp³-hybridized carbons (Fsp3) is 0.583. The van der Waals surface area contributed by atoms with Gasteiger partial charge in [-0.15, -0.1) is 0 Å². The summed E-state index contributed by atoms with van der Waals surface area (Å²) in [7, 11) is -1.81. The van der Waals surface area contributed by atoms with E-state index >= 15 is 0 Å². The summed E-state index contributed by atoms with van der Waals surface area (Å²) < 4.78 is 26.5. The van der Waals surface area contributed by atoms with Gasteiger partial charge in [-0.25, -0.2) is 13.4 Å². The first kappa shape index (κ1) is 14.6. The summed E-state index contributed by atoms with van der Waals surface area (Å²) in [6, 6.07) is 1.45. The minimum absolute atomic E-state index is 0.152. The van der Waals surface area contributed by atoms with E-state index in [2.05, 4.69) is 10.3 Å². The predicted molar refractivity (Wildman–Crippen MR) is 76.0 cm³/mol. The lowest BCUT2D eigenvalue weighted by atomic mass is 10.4. The lowest BCUT2D eigenvalue weighted by Crippen LogP contribution is -2.32. The average molecular weight is 304 g/mol. The molecule has 5 nitrogen and oxygen atoms in total. The van der Waals surface area contributed by atoms with Crippen molar-refractivity contribution < 1.29 is 8.42 Å². The molecule has 106 valence electrons. The molecule has 0 amide bonds. The maximum Gasteiger partial charge on any atom is 0.244 e. The molecule has 1 saturated carbocycles. The van der Waals surface area contributed by atoms with Gasteiger partial charge in [-0.05, 0) is 24.8 Å². The van der Waals surface area contributed by atoms with E-state index in [0.717, 1.165) is 12.8 Å². The number of nitrogens with zero attached hydrogens (tertiary/aromatic N) is 2. The molecule has 0 radical (unpaired) electrons. The van der Waals surface area contributed by atoms with Gasteiger partial charge in [-0.3, -0.25) is 0 Å². The van der Waals surface area contributed by atoms with E-state index in [1.165, 1.54) is 16.6 Å². The number of nitrogens with one attached hydrogen (secondary N) is 1. The van der Waals surface area contributed by atoms with Gasteiger partial charge in [0.1, 0.15) is 10.7 Å². The highest BCUT2D eigenvalue weighted by Gasteiger charge is 2.31. The summed E-state index contributed by atoms with van der Waals surface area (Å²) in [5.74, 6) is 0.987.